The van der Waals surface area contributed by atoms with E-state index in [-0.39, 0.29) is 12.6 Å². The fourth-order valence-electron chi connectivity index (χ4n) is 6.11. The van der Waals surface area contributed by atoms with Crippen LogP contribution < -0.4 is 0 Å². The maximum atomic E-state index is 12.0. The van der Waals surface area contributed by atoms with Gasteiger partial charge in [0.2, 0.25) is 8.32 Å². The molecular formula is C34H78O6Si5. The third-order valence-electron chi connectivity index (χ3n) is 11.5. The molecule has 0 aromatic carbocycles. The Morgan fingerprint density at radius 3 is 0.933 bits per heavy atom. The summed E-state index contributed by atoms with van der Waals surface area (Å²) in [6.07, 6.45) is 1.90. The summed E-state index contributed by atoms with van der Waals surface area (Å²) in [7, 11) is -8.75. The molecule has 0 saturated carbocycles. The van der Waals surface area contributed by atoms with E-state index in [1.165, 1.54) is 0 Å². The molecule has 0 saturated heterocycles. The second-order valence-corrected chi connectivity index (χ2v) is 36.3. The minimum Gasteiger partial charge on any atom is -0.544 e. The fraction of sp³-hybridized carbons (Fsp3) is 0.912. The lowest BCUT2D eigenvalue weighted by Gasteiger charge is -2.36. The highest BCUT2D eigenvalue weighted by molar-refractivity contribution is 6.76. The summed E-state index contributed by atoms with van der Waals surface area (Å²) >= 11 is 0. The Morgan fingerprint density at radius 2 is 0.667 bits per heavy atom. The molecule has 45 heavy (non-hydrogen) atoms. The summed E-state index contributed by atoms with van der Waals surface area (Å²) in [5, 5.41) is 0. The van der Waals surface area contributed by atoms with E-state index in [9.17, 15) is 4.79 Å². The Balaban J connectivity index is 0. The van der Waals surface area contributed by atoms with Gasteiger partial charge in [0, 0.05) is 0 Å². The van der Waals surface area contributed by atoms with E-state index in [2.05, 4.69) is 104 Å². The number of hydrogen-bond acceptors (Lipinski definition) is 6. The van der Waals surface area contributed by atoms with E-state index in [1.807, 2.05) is 6.26 Å². The average molecular weight is 723 g/mol. The van der Waals surface area contributed by atoms with E-state index >= 15 is 0 Å². The van der Waals surface area contributed by atoms with Crippen LogP contribution in [0.1, 0.15) is 104 Å². The second kappa shape index (κ2) is 23.9. The van der Waals surface area contributed by atoms with Crippen molar-refractivity contribution in [1.82, 2.24) is 0 Å². The van der Waals surface area contributed by atoms with Gasteiger partial charge in [-0.3, -0.25) is 4.79 Å². The maximum Gasteiger partial charge on any atom is 0.317 e. The molecule has 0 aliphatic heterocycles. The molecule has 0 spiro atoms. The number of hydrogen-bond donors (Lipinski definition) is 0. The van der Waals surface area contributed by atoms with E-state index in [4.69, 9.17) is 22.1 Å². The molecule has 0 bridgehead atoms. The van der Waals surface area contributed by atoms with Gasteiger partial charge in [0.05, 0.1) is 0 Å². The standard InChI is InChI=1S/C20H46O3Si3.C14H32O3Si2/c1-10-24(11-2,12-3)21-19-20(22-25(13-4,14-5)15-6)23-26(16-7,17-8)18-9;1-7-18(8-2,9-3)16-13-14(15)17-19(10-4,11-5)12-6/h19H,10-18H2,1-9H3;7-13H2,1-6H3. The van der Waals surface area contributed by atoms with Gasteiger partial charge in [-0.25, -0.2) is 0 Å². The van der Waals surface area contributed by atoms with Crippen LogP contribution in [0.4, 0.5) is 0 Å². The topological polar surface area (TPSA) is 63.2 Å². The molecule has 0 heterocycles. The first kappa shape index (κ1) is 46.8. The first-order valence-electron chi connectivity index (χ1n) is 18.9. The van der Waals surface area contributed by atoms with Crippen LogP contribution in [0.25, 0.3) is 0 Å². The van der Waals surface area contributed by atoms with E-state index in [0.717, 1.165) is 90.7 Å². The zero-order chi connectivity index (χ0) is 35.2. The summed E-state index contributed by atoms with van der Waals surface area (Å²) in [6, 6.07) is 16.4. The Labute approximate surface area is 286 Å². The Kier molecular flexibility index (Phi) is 24.8. The molecule has 0 fully saturated rings. The molecule has 0 aromatic heterocycles. The average Bonchev–Trinajstić information content (AvgIpc) is 3.10. The number of carbonyl (C=O) groups is 1. The van der Waals surface area contributed by atoms with E-state index in [0.29, 0.717) is 5.95 Å². The smallest absolute Gasteiger partial charge is 0.317 e. The quantitative estimate of drug-likeness (QED) is 0.0690. The Hall–Kier alpha value is -0.346. The summed E-state index contributed by atoms with van der Waals surface area (Å²) in [4.78, 5) is 12.0. The molecule has 0 amide bonds. The molecule has 0 aliphatic carbocycles. The molecule has 11 heteroatoms. The Bertz CT molecular complexity index is 725. The lowest BCUT2D eigenvalue weighted by molar-refractivity contribution is -0.137. The zero-order valence-electron chi connectivity index (χ0n) is 32.8. The molecular weight excluding hydrogens is 645 g/mol. The zero-order valence-corrected chi connectivity index (χ0v) is 37.8. The predicted octanol–water partition coefficient (Wildman–Crippen LogP) is 12.4. The first-order valence-corrected chi connectivity index (χ1v) is 31.6. The van der Waals surface area contributed by atoms with Crippen molar-refractivity contribution in [1.29, 1.82) is 0 Å². The van der Waals surface area contributed by atoms with Gasteiger partial charge in [0.15, 0.2) is 8.32 Å². The van der Waals surface area contributed by atoms with Crippen LogP contribution in [-0.2, 0) is 26.9 Å². The van der Waals surface area contributed by atoms with Crippen molar-refractivity contribution in [2.45, 2.75) is 195 Å². The van der Waals surface area contributed by atoms with Gasteiger partial charge in [0.1, 0.15) is 12.9 Å². The minimum absolute atomic E-state index is 0.135. The van der Waals surface area contributed by atoms with Gasteiger partial charge in [-0.05, 0) is 90.7 Å². The van der Waals surface area contributed by atoms with Crippen LogP contribution in [0.15, 0.2) is 12.2 Å². The summed E-state index contributed by atoms with van der Waals surface area (Å²) in [5.74, 6) is 0.580. The van der Waals surface area contributed by atoms with Crippen LogP contribution in [-0.4, -0.2) is 54.2 Å². The lowest BCUT2D eigenvalue weighted by atomic mass is 10.8. The van der Waals surface area contributed by atoms with Gasteiger partial charge in [-0.1, -0.05) is 104 Å². The minimum atomic E-state index is -1.82. The van der Waals surface area contributed by atoms with Crippen LogP contribution >= 0.6 is 0 Å². The predicted molar refractivity (Wildman–Crippen MR) is 209 cm³/mol. The van der Waals surface area contributed by atoms with Crippen molar-refractivity contribution in [3.05, 3.63) is 12.2 Å². The molecule has 0 unspecified atom stereocenters. The highest BCUT2D eigenvalue weighted by Crippen LogP contribution is 2.32. The van der Waals surface area contributed by atoms with Crippen molar-refractivity contribution in [3.8, 4) is 0 Å². The van der Waals surface area contributed by atoms with Gasteiger partial charge in [0.25, 0.3) is 30.9 Å². The monoisotopic (exact) mass is 722 g/mol. The highest BCUT2D eigenvalue weighted by Gasteiger charge is 2.38. The van der Waals surface area contributed by atoms with Gasteiger partial charge < -0.3 is 22.1 Å². The highest BCUT2D eigenvalue weighted by atomic mass is 28.4. The van der Waals surface area contributed by atoms with Crippen molar-refractivity contribution >= 4 is 47.6 Å². The molecule has 0 atom stereocenters. The Morgan fingerprint density at radius 1 is 0.400 bits per heavy atom. The summed E-state index contributed by atoms with van der Waals surface area (Å²) in [5.41, 5.74) is 0. The summed E-state index contributed by atoms with van der Waals surface area (Å²) in [6.45, 7) is 33.5. The SMILES string of the molecule is CC[Si](CC)(CC)OC=C(O[Si](CC)(CC)CC)O[Si](CC)(CC)CC.CC[Si](CC)(CC)OCC(=O)O[Si](CC)(CC)CC. The number of carbonyl (C=O) groups excluding carboxylic acids is 1. The van der Waals surface area contributed by atoms with Crippen LogP contribution in [0.3, 0.4) is 0 Å². The molecule has 0 N–H and O–H groups in total. The molecule has 6 nitrogen and oxygen atoms in total. The van der Waals surface area contributed by atoms with Crippen molar-refractivity contribution in [3.63, 3.8) is 0 Å². The normalized spacial score (nSPS) is 12.6. The first-order chi connectivity index (χ1) is 21.3. The van der Waals surface area contributed by atoms with Crippen LogP contribution in [0.5, 0.6) is 0 Å². The van der Waals surface area contributed by atoms with Gasteiger partial charge >= 0.3 is 5.97 Å². The lowest BCUT2D eigenvalue weighted by Crippen LogP contribution is -2.42. The summed E-state index contributed by atoms with van der Waals surface area (Å²) < 4.78 is 31.7. The number of rotatable bonds is 25. The van der Waals surface area contributed by atoms with E-state index < -0.39 is 41.6 Å². The fourth-order valence-corrected chi connectivity index (χ4v) is 18.4. The van der Waals surface area contributed by atoms with Crippen LogP contribution in [0.2, 0.25) is 90.7 Å². The van der Waals surface area contributed by atoms with Gasteiger partial charge in [-0.15, -0.1) is 0 Å². The largest absolute Gasteiger partial charge is 0.544 e. The third kappa shape index (κ3) is 14.8. The van der Waals surface area contributed by atoms with Crippen LogP contribution in [0, 0.1) is 0 Å². The molecule has 0 aliphatic rings. The third-order valence-corrected chi connectivity index (χ3v) is 34.2. The second-order valence-electron chi connectivity index (χ2n) is 12.7. The molecule has 0 aromatic rings. The molecule has 0 rings (SSSR count). The maximum absolute atomic E-state index is 12.0. The van der Waals surface area contributed by atoms with Crippen molar-refractivity contribution < 1.29 is 26.9 Å². The van der Waals surface area contributed by atoms with Crippen molar-refractivity contribution in [2.24, 2.45) is 0 Å². The van der Waals surface area contributed by atoms with Gasteiger partial charge in [-0.2, -0.15) is 0 Å². The van der Waals surface area contributed by atoms with Crippen molar-refractivity contribution in [2.75, 3.05) is 6.61 Å². The molecule has 0 radical (unpaired) electrons. The van der Waals surface area contributed by atoms with E-state index in [1.54, 1.807) is 0 Å². The molecule has 270 valence electrons.